The zero-order chi connectivity index (χ0) is 15.4. The molecular formula is C16H17ClN2O2. The van der Waals surface area contributed by atoms with Gasteiger partial charge < -0.3 is 10.4 Å². The van der Waals surface area contributed by atoms with E-state index in [0.717, 1.165) is 5.69 Å². The molecule has 4 nitrogen and oxygen atoms in total. The summed E-state index contributed by atoms with van der Waals surface area (Å²) in [5.41, 5.74) is 2.76. The predicted molar refractivity (Wildman–Crippen MR) is 82.5 cm³/mol. The second-order valence-corrected chi connectivity index (χ2v) is 5.30. The topological polar surface area (TPSA) is 62.2 Å². The summed E-state index contributed by atoms with van der Waals surface area (Å²) in [5.74, 6) is -0.243. The van der Waals surface area contributed by atoms with Gasteiger partial charge in [0.1, 0.15) is 0 Å². The molecule has 0 radical (unpaired) electrons. The zero-order valence-electron chi connectivity index (χ0n) is 11.9. The quantitative estimate of drug-likeness (QED) is 0.913. The summed E-state index contributed by atoms with van der Waals surface area (Å²) in [6, 6.07) is 10.4. The zero-order valence-corrected chi connectivity index (χ0v) is 12.7. The van der Waals surface area contributed by atoms with Crippen molar-refractivity contribution in [2.24, 2.45) is 0 Å². The van der Waals surface area contributed by atoms with Gasteiger partial charge in [-0.3, -0.25) is 9.78 Å². The van der Waals surface area contributed by atoms with Crippen molar-refractivity contribution in [3.63, 3.8) is 0 Å². The van der Waals surface area contributed by atoms with Crippen molar-refractivity contribution in [2.75, 3.05) is 6.54 Å². The number of nitrogens with zero attached hydrogens (tertiary/aromatic N) is 1. The lowest BCUT2D eigenvalue weighted by molar-refractivity contribution is 0.0915. The summed E-state index contributed by atoms with van der Waals surface area (Å²) < 4.78 is 0. The number of benzene rings is 1. The SMILES string of the molecule is Cc1ccc(C(=O)NCC(O)c2ccc(Cl)cc2)c(C)n1. The van der Waals surface area contributed by atoms with E-state index in [9.17, 15) is 9.90 Å². The number of carbonyl (C=O) groups excluding carboxylic acids is 1. The Bertz CT molecular complexity index is 641. The first-order chi connectivity index (χ1) is 9.97. The first kappa shape index (κ1) is 15.5. The van der Waals surface area contributed by atoms with Crippen LogP contribution in [0.5, 0.6) is 0 Å². The molecule has 1 unspecified atom stereocenters. The van der Waals surface area contributed by atoms with Gasteiger partial charge in [-0.25, -0.2) is 0 Å². The molecule has 2 aromatic rings. The number of aliphatic hydroxyl groups is 1. The molecule has 1 amide bonds. The number of hydrogen-bond acceptors (Lipinski definition) is 3. The van der Waals surface area contributed by atoms with Crippen LogP contribution in [0.4, 0.5) is 0 Å². The fourth-order valence-corrected chi connectivity index (χ4v) is 2.14. The fourth-order valence-electron chi connectivity index (χ4n) is 2.01. The predicted octanol–water partition coefficient (Wildman–Crippen LogP) is 2.82. The third-order valence-corrected chi connectivity index (χ3v) is 3.43. The van der Waals surface area contributed by atoms with Gasteiger partial charge in [-0.1, -0.05) is 23.7 Å². The van der Waals surface area contributed by atoms with Crippen molar-refractivity contribution in [1.29, 1.82) is 0 Å². The molecular weight excluding hydrogens is 288 g/mol. The molecule has 1 aromatic heterocycles. The largest absolute Gasteiger partial charge is 0.387 e. The molecule has 0 aliphatic rings. The minimum atomic E-state index is -0.773. The van der Waals surface area contributed by atoms with E-state index in [1.165, 1.54) is 0 Å². The normalized spacial score (nSPS) is 12.0. The molecule has 0 saturated carbocycles. The smallest absolute Gasteiger partial charge is 0.253 e. The van der Waals surface area contributed by atoms with Gasteiger partial charge in [0.05, 0.1) is 17.4 Å². The summed E-state index contributed by atoms with van der Waals surface area (Å²) in [7, 11) is 0. The molecule has 0 bridgehead atoms. The highest BCUT2D eigenvalue weighted by atomic mass is 35.5. The van der Waals surface area contributed by atoms with Crippen molar-refractivity contribution in [1.82, 2.24) is 10.3 Å². The van der Waals surface area contributed by atoms with E-state index in [2.05, 4.69) is 10.3 Å². The molecule has 1 heterocycles. The van der Waals surface area contributed by atoms with Gasteiger partial charge in [-0.15, -0.1) is 0 Å². The molecule has 2 N–H and O–H groups in total. The first-order valence-electron chi connectivity index (χ1n) is 6.63. The maximum Gasteiger partial charge on any atom is 0.253 e. The Kier molecular flexibility index (Phi) is 4.94. The minimum absolute atomic E-state index is 0.133. The van der Waals surface area contributed by atoms with Crippen LogP contribution in [-0.4, -0.2) is 22.5 Å². The van der Waals surface area contributed by atoms with Crippen LogP contribution in [0.3, 0.4) is 0 Å². The van der Waals surface area contributed by atoms with E-state index < -0.39 is 6.10 Å². The summed E-state index contributed by atoms with van der Waals surface area (Å²) in [6.07, 6.45) is -0.773. The van der Waals surface area contributed by atoms with Crippen LogP contribution < -0.4 is 5.32 Å². The van der Waals surface area contributed by atoms with E-state index in [1.807, 2.05) is 6.92 Å². The fraction of sp³-hybridized carbons (Fsp3) is 0.250. The van der Waals surface area contributed by atoms with Gasteiger partial charge in [0.15, 0.2) is 0 Å². The van der Waals surface area contributed by atoms with Gasteiger partial charge in [0, 0.05) is 17.3 Å². The van der Waals surface area contributed by atoms with Gasteiger partial charge >= 0.3 is 0 Å². The average molecular weight is 305 g/mol. The van der Waals surface area contributed by atoms with Crippen molar-refractivity contribution < 1.29 is 9.90 Å². The Hall–Kier alpha value is -1.91. The summed E-state index contributed by atoms with van der Waals surface area (Å²) >= 11 is 5.80. The number of aromatic nitrogens is 1. The Morgan fingerprint density at radius 2 is 1.90 bits per heavy atom. The first-order valence-corrected chi connectivity index (χ1v) is 7.01. The van der Waals surface area contributed by atoms with Crippen molar-refractivity contribution in [2.45, 2.75) is 20.0 Å². The number of rotatable bonds is 4. The van der Waals surface area contributed by atoms with Gasteiger partial charge in [0.2, 0.25) is 0 Å². The van der Waals surface area contributed by atoms with Crippen LogP contribution in [0.1, 0.15) is 33.4 Å². The molecule has 21 heavy (non-hydrogen) atoms. The van der Waals surface area contributed by atoms with E-state index in [4.69, 9.17) is 11.6 Å². The Morgan fingerprint density at radius 1 is 1.24 bits per heavy atom. The molecule has 1 atom stereocenters. The summed E-state index contributed by atoms with van der Waals surface area (Å²) in [4.78, 5) is 16.3. The van der Waals surface area contributed by atoms with Gasteiger partial charge in [-0.2, -0.15) is 0 Å². The lowest BCUT2D eigenvalue weighted by Crippen LogP contribution is -2.29. The van der Waals surface area contributed by atoms with Crippen LogP contribution in [0, 0.1) is 13.8 Å². The minimum Gasteiger partial charge on any atom is -0.387 e. The standard InChI is InChI=1S/C16H17ClN2O2/c1-10-3-8-14(11(2)19-10)16(21)18-9-15(20)12-4-6-13(17)7-5-12/h3-8,15,20H,9H2,1-2H3,(H,18,21). The number of aliphatic hydroxyl groups excluding tert-OH is 1. The van der Waals surface area contributed by atoms with Crippen LogP contribution in [0.2, 0.25) is 5.02 Å². The molecule has 2 rings (SSSR count). The molecule has 5 heteroatoms. The second kappa shape index (κ2) is 6.70. The monoisotopic (exact) mass is 304 g/mol. The van der Waals surface area contributed by atoms with Crippen molar-refractivity contribution in [3.8, 4) is 0 Å². The summed E-state index contributed by atoms with van der Waals surface area (Å²) in [5, 5.41) is 13.4. The molecule has 0 spiro atoms. The van der Waals surface area contributed by atoms with E-state index in [-0.39, 0.29) is 12.5 Å². The lowest BCUT2D eigenvalue weighted by Gasteiger charge is -2.13. The number of halogens is 1. The highest BCUT2D eigenvalue weighted by molar-refractivity contribution is 6.30. The number of aryl methyl sites for hydroxylation is 2. The Labute approximate surface area is 128 Å². The maximum absolute atomic E-state index is 12.1. The molecule has 0 aliphatic carbocycles. The lowest BCUT2D eigenvalue weighted by atomic mass is 10.1. The third kappa shape index (κ3) is 4.03. The number of amides is 1. The number of hydrogen-bond donors (Lipinski definition) is 2. The summed E-state index contributed by atoms with van der Waals surface area (Å²) in [6.45, 7) is 3.80. The molecule has 1 aromatic carbocycles. The maximum atomic E-state index is 12.1. The number of pyridine rings is 1. The average Bonchev–Trinajstić information content (AvgIpc) is 2.45. The van der Waals surface area contributed by atoms with Gasteiger partial charge in [-0.05, 0) is 43.7 Å². The van der Waals surface area contributed by atoms with E-state index in [0.29, 0.717) is 21.8 Å². The molecule has 110 valence electrons. The van der Waals surface area contributed by atoms with Crippen molar-refractivity contribution in [3.05, 3.63) is 63.9 Å². The van der Waals surface area contributed by atoms with Crippen LogP contribution in [0.15, 0.2) is 36.4 Å². The van der Waals surface area contributed by atoms with E-state index >= 15 is 0 Å². The van der Waals surface area contributed by atoms with Crippen molar-refractivity contribution >= 4 is 17.5 Å². The van der Waals surface area contributed by atoms with Crippen LogP contribution in [-0.2, 0) is 0 Å². The van der Waals surface area contributed by atoms with E-state index in [1.54, 1.807) is 43.3 Å². The highest BCUT2D eigenvalue weighted by Crippen LogP contribution is 2.16. The second-order valence-electron chi connectivity index (χ2n) is 4.86. The highest BCUT2D eigenvalue weighted by Gasteiger charge is 2.13. The third-order valence-electron chi connectivity index (χ3n) is 3.18. The molecule has 0 saturated heterocycles. The Balaban J connectivity index is 1.99. The van der Waals surface area contributed by atoms with Crippen LogP contribution in [0.25, 0.3) is 0 Å². The number of nitrogens with one attached hydrogen (secondary N) is 1. The Morgan fingerprint density at radius 3 is 2.52 bits per heavy atom. The molecule has 0 aliphatic heterocycles. The molecule has 0 fully saturated rings. The van der Waals surface area contributed by atoms with Crippen LogP contribution >= 0.6 is 11.6 Å². The number of carbonyl (C=O) groups is 1. The van der Waals surface area contributed by atoms with Gasteiger partial charge in [0.25, 0.3) is 5.91 Å².